The molecule has 0 spiro atoms. The molecular weight excluding hydrogens is 415 g/mol. The fraction of sp³-hybridized carbons (Fsp3) is 0.348. The van der Waals surface area contributed by atoms with Crippen molar-refractivity contribution in [1.29, 1.82) is 5.26 Å². The summed E-state index contributed by atoms with van der Waals surface area (Å²) >= 11 is 1.30. The lowest BCUT2D eigenvalue weighted by Gasteiger charge is -2.25. The van der Waals surface area contributed by atoms with Crippen molar-refractivity contribution in [3.8, 4) is 6.07 Å². The molecule has 0 saturated carbocycles. The van der Waals surface area contributed by atoms with Gasteiger partial charge in [0, 0.05) is 37.6 Å². The summed E-state index contributed by atoms with van der Waals surface area (Å²) in [6.07, 6.45) is 0.855. The molecule has 1 fully saturated rings. The molecule has 2 aromatic carbocycles. The Balaban J connectivity index is 1.47. The lowest BCUT2D eigenvalue weighted by molar-refractivity contribution is -0.130. The number of nitrogens with zero attached hydrogens (tertiary/aromatic N) is 3. The molecule has 0 aliphatic carbocycles. The molecule has 0 radical (unpaired) electrons. The number of thioether (sulfide) groups is 1. The molecule has 3 rings (SSSR count). The summed E-state index contributed by atoms with van der Waals surface area (Å²) < 4.78 is 13.0. The van der Waals surface area contributed by atoms with Gasteiger partial charge < -0.3 is 15.1 Å². The minimum absolute atomic E-state index is 0.0289. The quantitative estimate of drug-likeness (QED) is 0.744. The number of amides is 2. The number of carbonyl (C=O) groups excluding carboxylic acids is 2. The Morgan fingerprint density at radius 3 is 2.48 bits per heavy atom. The van der Waals surface area contributed by atoms with Gasteiger partial charge in [0.25, 0.3) is 0 Å². The monoisotopic (exact) mass is 440 g/mol. The van der Waals surface area contributed by atoms with E-state index in [4.69, 9.17) is 5.26 Å². The largest absolute Gasteiger partial charge is 0.370 e. The third kappa shape index (κ3) is 6.46. The molecule has 162 valence electrons. The van der Waals surface area contributed by atoms with E-state index in [1.54, 1.807) is 12.1 Å². The molecular formula is C23H25FN4O2S. The summed E-state index contributed by atoms with van der Waals surface area (Å²) in [6.45, 7) is 4.68. The number of anilines is 2. The lowest BCUT2D eigenvalue weighted by atomic mass is 10.2. The van der Waals surface area contributed by atoms with Gasteiger partial charge in [0.1, 0.15) is 5.82 Å². The number of carbonyl (C=O) groups is 2. The normalized spacial score (nSPS) is 15.0. The first-order chi connectivity index (χ1) is 15.0. The lowest BCUT2D eigenvalue weighted by Crippen LogP contribution is -2.39. The van der Waals surface area contributed by atoms with Crippen LogP contribution >= 0.6 is 11.8 Å². The summed E-state index contributed by atoms with van der Waals surface area (Å²) in [6, 6.07) is 15.2. The van der Waals surface area contributed by atoms with Gasteiger partial charge in [-0.2, -0.15) is 5.26 Å². The van der Waals surface area contributed by atoms with Gasteiger partial charge in [0.2, 0.25) is 11.8 Å². The summed E-state index contributed by atoms with van der Waals surface area (Å²) in [7, 11) is 0. The Bertz CT molecular complexity index is 944. The average molecular weight is 441 g/mol. The Hall–Kier alpha value is -3.05. The third-order valence-corrected chi connectivity index (χ3v) is 6.24. The highest BCUT2D eigenvalue weighted by Gasteiger charge is 2.24. The number of hydrogen-bond donors (Lipinski definition) is 1. The number of hydrogen-bond acceptors (Lipinski definition) is 5. The zero-order valence-electron chi connectivity index (χ0n) is 17.4. The molecule has 1 unspecified atom stereocenters. The number of benzene rings is 2. The van der Waals surface area contributed by atoms with Gasteiger partial charge in [0.05, 0.1) is 22.6 Å². The van der Waals surface area contributed by atoms with Crippen molar-refractivity contribution in [2.24, 2.45) is 0 Å². The van der Waals surface area contributed by atoms with Crippen LogP contribution in [0, 0.1) is 17.1 Å². The number of nitriles is 1. The Morgan fingerprint density at radius 2 is 1.81 bits per heavy atom. The van der Waals surface area contributed by atoms with Gasteiger partial charge in [0.15, 0.2) is 0 Å². The van der Waals surface area contributed by atoms with Gasteiger partial charge >= 0.3 is 0 Å². The van der Waals surface area contributed by atoms with Gasteiger partial charge in [-0.05, 0) is 61.9 Å². The minimum atomic E-state index is -0.359. The molecule has 0 aromatic heterocycles. The standard InChI is InChI=1S/C23H25FN4O2S/c1-17(31-16-22(29)26-20-7-5-19(24)6-8-20)23(30)28-12-2-11-27(13-14-28)21-9-3-18(15-25)4-10-21/h3-10,17H,2,11-14,16H2,1H3,(H,26,29). The van der Waals surface area contributed by atoms with E-state index in [-0.39, 0.29) is 28.6 Å². The van der Waals surface area contributed by atoms with E-state index in [1.165, 1.54) is 36.0 Å². The van der Waals surface area contributed by atoms with Crippen molar-refractivity contribution in [3.63, 3.8) is 0 Å². The van der Waals surface area contributed by atoms with E-state index < -0.39 is 0 Å². The predicted molar refractivity (Wildman–Crippen MR) is 122 cm³/mol. The number of rotatable bonds is 6. The molecule has 1 N–H and O–H groups in total. The maximum atomic E-state index is 13.0. The molecule has 1 aliphatic heterocycles. The third-order valence-electron chi connectivity index (χ3n) is 5.11. The first kappa shape index (κ1) is 22.6. The van der Waals surface area contributed by atoms with Crippen LogP contribution < -0.4 is 10.2 Å². The van der Waals surface area contributed by atoms with E-state index in [0.717, 1.165) is 25.2 Å². The molecule has 1 aliphatic rings. The smallest absolute Gasteiger partial charge is 0.235 e. The molecule has 31 heavy (non-hydrogen) atoms. The van der Waals surface area contributed by atoms with Crippen molar-refractivity contribution >= 4 is 35.0 Å². The molecule has 8 heteroatoms. The van der Waals surface area contributed by atoms with Crippen LogP contribution in [0.2, 0.25) is 0 Å². The molecule has 2 amide bonds. The molecule has 1 heterocycles. The van der Waals surface area contributed by atoms with E-state index in [9.17, 15) is 14.0 Å². The summed E-state index contributed by atoms with van der Waals surface area (Å²) in [5.74, 6) is -0.405. The fourth-order valence-electron chi connectivity index (χ4n) is 3.40. The van der Waals surface area contributed by atoms with Crippen LogP contribution in [0.4, 0.5) is 15.8 Å². The molecule has 2 aromatic rings. The number of halogens is 1. The van der Waals surface area contributed by atoms with Crippen LogP contribution in [-0.2, 0) is 9.59 Å². The van der Waals surface area contributed by atoms with Gasteiger partial charge in [-0.25, -0.2) is 4.39 Å². The first-order valence-corrected chi connectivity index (χ1v) is 11.2. The first-order valence-electron chi connectivity index (χ1n) is 10.2. The molecule has 6 nitrogen and oxygen atoms in total. The highest BCUT2D eigenvalue weighted by Crippen LogP contribution is 2.20. The Morgan fingerprint density at radius 1 is 1.10 bits per heavy atom. The maximum absolute atomic E-state index is 13.0. The summed E-state index contributed by atoms with van der Waals surface area (Å²) in [4.78, 5) is 29.1. The Kier molecular flexibility index (Phi) is 7.90. The average Bonchev–Trinajstić information content (AvgIpc) is 3.05. The Labute approximate surface area is 186 Å². The van der Waals surface area contributed by atoms with E-state index in [2.05, 4.69) is 16.3 Å². The van der Waals surface area contributed by atoms with Gasteiger partial charge in [-0.3, -0.25) is 9.59 Å². The SMILES string of the molecule is CC(SCC(=O)Nc1ccc(F)cc1)C(=O)N1CCCN(c2ccc(C#N)cc2)CC1. The van der Waals surface area contributed by atoms with Crippen molar-refractivity contribution in [3.05, 3.63) is 59.9 Å². The van der Waals surface area contributed by atoms with Crippen molar-refractivity contribution < 1.29 is 14.0 Å². The highest BCUT2D eigenvalue weighted by molar-refractivity contribution is 8.01. The zero-order chi connectivity index (χ0) is 22.2. The summed E-state index contributed by atoms with van der Waals surface area (Å²) in [5, 5.41) is 11.3. The summed E-state index contributed by atoms with van der Waals surface area (Å²) in [5.41, 5.74) is 2.21. The second-order valence-electron chi connectivity index (χ2n) is 7.33. The van der Waals surface area contributed by atoms with Crippen LogP contribution in [0.5, 0.6) is 0 Å². The maximum Gasteiger partial charge on any atom is 0.235 e. The van der Waals surface area contributed by atoms with Crippen molar-refractivity contribution in [2.75, 3.05) is 42.1 Å². The van der Waals surface area contributed by atoms with Crippen LogP contribution in [0.25, 0.3) is 0 Å². The van der Waals surface area contributed by atoms with E-state index >= 15 is 0 Å². The van der Waals surface area contributed by atoms with Crippen LogP contribution in [-0.4, -0.2) is 53.9 Å². The second kappa shape index (κ2) is 10.8. The molecule has 0 bridgehead atoms. The van der Waals surface area contributed by atoms with Crippen molar-refractivity contribution in [2.45, 2.75) is 18.6 Å². The van der Waals surface area contributed by atoms with E-state index in [1.807, 2.05) is 24.0 Å². The highest BCUT2D eigenvalue weighted by atomic mass is 32.2. The van der Waals surface area contributed by atoms with Crippen LogP contribution in [0.15, 0.2) is 48.5 Å². The van der Waals surface area contributed by atoms with Gasteiger partial charge in [-0.1, -0.05) is 0 Å². The predicted octanol–water partition coefficient (Wildman–Crippen LogP) is 3.50. The topological polar surface area (TPSA) is 76.4 Å². The fourth-order valence-corrected chi connectivity index (χ4v) is 4.17. The zero-order valence-corrected chi connectivity index (χ0v) is 18.2. The van der Waals surface area contributed by atoms with Crippen LogP contribution in [0.1, 0.15) is 18.9 Å². The molecule has 1 saturated heterocycles. The number of nitrogens with one attached hydrogen (secondary N) is 1. The second-order valence-corrected chi connectivity index (χ2v) is 8.66. The minimum Gasteiger partial charge on any atom is -0.370 e. The van der Waals surface area contributed by atoms with Gasteiger partial charge in [-0.15, -0.1) is 11.8 Å². The van der Waals surface area contributed by atoms with Crippen molar-refractivity contribution in [1.82, 2.24) is 4.90 Å². The molecule has 1 atom stereocenters. The van der Waals surface area contributed by atoms with E-state index in [0.29, 0.717) is 24.3 Å². The van der Waals surface area contributed by atoms with Crippen LogP contribution in [0.3, 0.4) is 0 Å².